The van der Waals surface area contributed by atoms with E-state index in [4.69, 9.17) is 32.7 Å². The fraction of sp³-hybridized carbons (Fsp3) is 0.267. The Balaban J connectivity index is 1.78. The van der Waals surface area contributed by atoms with E-state index < -0.39 is 5.97 Å². The Hall–Kier alpha value is -2.05. The average Bonchev–Trinajstić information content (AvgIpc) is 2.75. The highest BCUT2D eigenvalue weighted by Crippen LogP contribution is 2.20. The molecule has 2 aromatic heterocycles. The predicted molar refractivity (Wildman–Crippen MR) is 87.7 cm³/mol. The molecule has 0 aromatic carbocycles. The molecule has 0 radical (unpaired) electrons. The number of hydrogen-bond donors (Lipinski definition) is 0. The molecule has 8 heteroatoms. The summed E-state index contributed by atoms with van der Waals surface area (Å²) < 4.78 is 12.0. The SMILES string of the molecule is Cc1nn(C)c(Cl)c1C=CC(=O)OCCOc1ccnc(Cl)c1. The molecular weight excluding hydrogens is 341 g/mol. The van der Waals surface area contributed by atoms with Crippen molar-refractivity contribution in [1.82, 2.24) is 14.8 Å². The fourth-order valence-corrected chi connectivity index (χ4v) is 2.21. The number of rotatable bonds is 6. The van der Waals surface area contributed by atoms with Crippen LogP contribution in [0.4, 0.5) is 0 Å². The van der Waals surface area contributed by atoms with Gasteiger partial charge in [0.05, 0.1) is 5.69 Å². The number of aromatic nitrogens is 3. The first kappa shape index (κ1) is 17.3. The number of hydrogen-bond acceptors (Lipinski definition) is 5. The number of carbonyl (C=O) groups excluding carboxylic acids is 1. The van der Waals surface area contributed by atoms with Gasteiger partial charge in [0.25, 0.3) is 0 Å². The Kier molecular flexibility index (Phi) is 6.01. The minimum Gasteiger partial charge on any atom is -0.490 e. The van der Waals surface area contributed by atoms with Crippen LogP contribution in [0.3, 0.4) is 0 Å². The summed E-state index contributed by atoms with van der Waals surface area (Å²) in [5.74, 6) is 0.0787. The van der Waals surface area contributed by atoms with E-state index in [1.165, 1.54) is 17.0 Å². The van der Waals surface area contributed by atoms with E-state index in [0.717, 1.165) is 5.69 Å². The third-order valence-electron chi connectivity index (χ3n) is 2.88. The summed E-state index contributed by atoms with van der Waals surface area (Å²) in [5.41, 5.74) is 1.42. The molecule has 0 N–H and O–H groups in total. The van der Waals surface area contributed by atoms with Crippen LogP contribution in [0.5, 0.6) is 5.75 Å². The van der Waals surface area contributed by atoms with Gasteiger partial charge in [0.1, 0.15) is 29.3 Å². The van der Waals surface area contributed by atoms with Crippen LogP contribution in [0.15, 0.2) is 24.4 Å². The summed E-state index contributed by atoms with van der Waals surface area (Å²) in [6.07, 6.45) is 4.42. The average molecular weight is 356 g/mol. The van der Waals surface area contributed by atoms with Crippen molar-refractivity contribution in [2.45, 2.75) is 6.92 Å². The van der Waals surface area contributed by atoms with E-state index in [0.29, 0.717) is 21.6 Å². The van der Waals surface area contributed by atoms with Crippen LogP contribution < -0.4 is 4.74 Å². The van der Waals surface area contributed by atoms with Crippen molar-refractivity contribution in [3.63, 3.8) is 0 Å². The Morgan fingerprint density at radius 1 is 1.39 bits per heavy atom. The maximum Gasteiger partial charge on any atom is 0.330 e. The Morgan fingerprint density at radius 2 is 2.17 bits per heavy atom. The van der Waals surface area contributed by atoms with Crippen LogP contribution in [0.1, 0.15) is 11.3 Å². The summed E-state index contributed by atoms with van der Waals surface area (Å²) in [6, 6.07) is 3.25. The van der Waals surface area contributed by atoms with Gasteiger partial charge in [-0.1, -0.05) is 23.2 Å². The molecule has 0 aliphatic rings. The van der Waals surface area contributed by atoms with Crippen molar-refractivity contribution in [2.24, 2.45) is 7.05 Å². The molecule has 6 nitrogen and oxygen atoms in total. The zero-order valence-electron chi connectivity index (χ0n) is 12.6. The van der Waals surface area contributed by atoms with Crippen LogP contribution >= 0.6 is 23.2 Å². The molecule has 0 atom stereocenters. The van der Waals surface area contributed by atoms with Crippen molar-refractivity contribution in [2.75, 3.05) is 13.2 Å². The summed E-state index contributed by atoms with van der Waals surface area (Å²) in [7, 11) is 1.73. The Bertz CT molecular complexity index is 729. The standard InChI is InChI=1S/C15H15Cl2N3O3/c1-10-12(15(17)20(2)19-10)3-4-14(21)23-8-7-22-11-5-6-18-13(16)9-11/h3-6,9H,7-8H2,1-2H3. The molecule has 0 fully saturated rings. The van der Waals surface area contributed by atoms with Crippen LogP contribution in [0, 0.1) is 6.92 Å². The van der Waals surface area contributed by atoms with Crippen LogP contribution in [-0.2, 0) is 16.6 Å². The maximum absolute atomic E-state index is 11.6. The van der Waals surface area contributed by atoms with E-state index >= 15 is 0 Å². The highest BCUT2D eigenvalue weighted by Gasteiger charge is 2.08. The van der Waals surface area contributed by atoms with Crippen LogP contribution in [0.25, 0.3) is 6.08 Å². The van der Waals surface area contributed by atoms with Gasteiger partial charge in [0, 0.05) is 31.0 Å². The van der Waals surface area contributed by atoms with Gasteiger partial charge >= 0.3 is 5.97 Å². The predicted octanol–water partition coefficient (Wildman–Crippen LogP) is 3.07. The number of halogens is 2. The van der Waals surface area contributed by atoms with Gasteiger partial charge in [-0.15, -0.1) is 0 Å². The highest BCUT2D eigenvalue weighted by atomic mass is 35.5. The normalized spacial score (nSPS) is 11.0. The highest BCUT2D eigenvalue weighted by molar-refractivity contribution is 6.31. The largest absolute Gasteiger partial charge is 0.490 e. The third-order valence-corrected chi connectivity index (χ3v) is 3.53. The molecule has 0 amide bonds. The minimum absolute atomic E-state index is 0.114. The van der Waals surface area contributed by atoms with Gasteiger partial charge < -0.3 is 9.47 Å². The smallest absolute Gasteiger partial charge is 0.330 e. The van der Waals surface area contributed by atoms with E-state index in [1.807, 2.05) is 6.92 Å². The lowest BCUT2D eigenvalue weighted by molar-refractivity contribution is -0.138. The molecule has 2 rings (SSSR count). The molecule has 0 aliphatic heterocycles. The van der Waals surface area contributed by atoms with Gasteiger partial charge in [-0.25, -0.2) is 9.78 Å². The second kappa shape index (κ2) is 7.99. The van der Waals surface area contributed by atoms with Crippen LogP contribution in [0.2, 0.25) is 10.3 Å². The zero-order valence-corrected chi connectivity index (χ0v) is 14.1. The number of aryl methyl sites for hydroxylation is 2. The lowest BCUT2D eigenvalue weighted by atomic mass is 10.2. The molecule has 2 aromatic rings. The number of carbonyl (C=O) groups is 1. The molecule has 2 heterocycles. The first-order chi connectivity index (χ1) is 11.0. The van der Waals surface area contributed by atoms with E-state index in [9.17, 15) is 4.79 Å². The minimum atomic E-state index is -0.485. The Labute approximate surface area is 143 Å². The van der Waals surface area contributed by atoms with Gasteiger partial charge in [-0.3, -0.25) is 4.68 Å². The molecule has 122 valence electrons. The molecule has 0 saturated carbocycles. The van der Waals surface area contributed by atoms with Crippen molar-refractivity contribution < 1.29 is 14.3 Å². The molecule has 0 aliphatic carbocycles. The number of ether oxygens (including phenoxy) is 2. The first-order valence-electron chi connectivity index (χ1n) is 6.75. The van der Waals surface area contributed by atoms with Gasteiger partial charge in [-0.05, 0) is 19.1 Å². The summed E-state index contributed by atoms with van der Waals surface area (Å²) >= 11 is 11.8. The molecule has 0 unspecified atom stereocenters. The molecule has 0 saturated heterocycles. The Morgan fingerprint density at radius 3 is 2.83 bits per heavy atom. The van der Waals surface area contributed by atoms with E-state index in [1.54, 1.807) is 25.3 Å². The second-order valence-electron chi connectivity index (χ2n) is 4.58. The summed E-state index contributed by atoms with van der Waals surface area (Å²) in [5, 5.41) is 4.95. The van der Waals surface area contributed by atoms with Crippen molar-refractivity contribution in [3.05, 3.63) is 46.0 Å². The van der Waals surface area contributed by atoms with Crippen LogP contribution in [-0.4, -0.2) is 33.9 Å². The zero-order chi connectivity index (χ0) is 16.8. The quantitative estimate of drug-likeness (QED) is 0.344. The summed E-state index contributed by atoms with van der Waals surface area (Å²) in [6.45, 7) is 2.14. The molecule has 0 spiro atoms. The number of nitrogens with zero attached hydrogens (tertiary/aromatic N) is 3. The third kappa shape index (κ3) is 4.97. The van der Waals surface area contributed by atoms with E-state index in [2.05, 4.69) is 10.1 Å². The number of esters is 1. The lowest BCUT2D eigenvalue weighted by Crippen LogP contribution is -2.10. The first-order valence-corrected chi connectivity index (χ1v) is 7.51. The van der Waals surface area contributed by atoms with Gasteiger partial charge in [0.2, 0.25) is 0 Å². The molecular formula is C15H15Cl2N3O3. The van der Waals surface area contributed by atoms with E-state index in [-0.39, 0.29) is 13.2 Å². The maximum atomic E-state index is 11.6. The molecule has 23 heavy (non-hydrogen) atoms. The van der Waals surface area contributed by atoms with Crippen molar-refractivity contribution in [1.29, 1.82) is 0 Å². The topological polar surface area (TPSA) is 66.2 Å². The fourth-order valence-electron chi connectivity index (χ4n) is 1.81. The monoisotopic (exact) mass is 355 g/mol. The van der Waals surface area contributed by atoms with Crippen molar-refractivity contribution >= 4 is 35.2 Å². The van der Waals surface area contributed by atoms with Crippen molar-refractivity contribution in [3.8, 4) is 5.75 Å². The second-order valence-corrected chi connectivity index (χ2v) is 5.32. The lowest BCUT2D eigenvalue weighted by Gasteiger charge is -2.06. The number of pyridine rings is 1. The van der Waals surface area contributed by atoms with Gasteiger partial charge in [-0.2, -0.15) is 5.10 Å². The molecule has 0 bridgehead atoms. The van der Waals surface area contributed by atoms with Gasteiger partial charge in [0.15, 0.2) is 0 Å². The summed E-state index contributed by atoms with van der Waals surface area (Å²) in [4.78, 5) is 15.5.